The summed E-state index contributed by atoms with van der Waals surface area (Å²) in [5.41, 5.74) is 5.70. The molecule has 2 aromatic rings. The first-order valence-electron chi connectivity index (χ1n) is 11.0. The van der Waals surface area contributed by atoms with E-state index in [4.69, 9.17) is 14.7 Å². The SMILES string of the molecule is CCN(CC)c1ccnc(/C(C)=N/OCCCc2ncc3c(n2)/C(=N/OC)CCC3)c1. The van der Waals surface area contributed by atoms with Gasteiger partial charge in [-0.15, -0.1) is 0 Å². The second kappa shape index (κ2) is 11.4. The summed E-state index contributed by atoms with van der Waals surface area (Å²) in [6.07, 6.45) is 8.15. The molecule has 166 valence electrons. The Morgan fingerprint density at radius 2 is 2.03 bits per heavy atom. The van der Waals surface area contributed by atoms with E-state index in [0.717, 1.165) is 85.1 Å². The number of rotatable bonds is 10. The van der Waals surface area contributed by atoms with E-state index in [1.165, 1.54) is 0 Å². The maximum absolute atomic E-state index is 5.53. The molecule has 2 heterocycles. The van der Waals surface area contributed by atoms with Crippen molar-refractivity contribution in [3.8, 4) is 0 Å². The molecule has 8 nitrogen and oxygen atoms in total. The predicted octanol–water partition coefficient (Wildman–Crippen LogP) is 3.78. The Labute approximate surface area is 184 Å². The molecule has 0 saturated heterocycles. The first-order valence-corrected chi connectivity index (χ1v) is 11.0. The zero-order valence-corrected chi connectivity index (χ0v) is 19.0. The van der Waals surface area contributed by atoms with Crippen LogP contribution in [0.4, 0.5) is 5.69 Å². The number of aryl methyl sites for hydroxylation is 2. The first kappa shape index (κ1) is 22.7. The van der Waals surface area contributed by atoms with Crippen molar-refractivity contribution in [1.29, 1.82) is 0 Å². The third-order valence-corrected chi connectivity index (χ3v) is 5.33. The van der Waals surface area contributed by atoms with Gasteiger partial charge in [-0.05, 0) is 64.2 Å². The second-order valence-corrected chi connectivity index (χ2v) is 7.42. The van der Waals surface area contributed by atoms with Gasteiger partial charge in [0, 0.05) is 37.6 Å². The third kappa shape index (κ3) is 5.99. The van der Waals surface area contributed by atoms with Crippen LogP contribution in [-0.2, 0) is 22.5 Å². The van der Waals surface area contributed by atoms with Crippen LogP contribution >= 0.6 is 0 Å². The molecule has 3 rings (SSSR count). The van der Waals surface area contributed by atoms with E-state index in [1.54, 1.807) is 7.11 Å². The maximum atomic E-state index is 5.53. The molecule has 1 aliphatic carbocycles. The number of anilines is 1. The molecule has 2 aromatic heterocycles. The number of nitrogens with zero attached hydrogens (tertiary/aromatic N) is 6. The highest BCUT2D eigenvalue weighted by molar-refractivity contribution is 6.00. The van der Waals surface area contributed by atoms with Crippen LogP contribution < -0.4 is 4.90 Å². The lowest BCUT2D eigenvalue weighted by atomic mass is 9.95. The maximum Gasteiger partial charge on any atom is 0.129 e. The minimum atomic E-state index is 0.493. The fourth-order valence-electron chi connectivity index (χ4n) is 3.65. The smallest absolute Gasteiger partial charge is 0.129 e. The number of fused-ring (bicyclic) bond motifs is 1. The molecule has 0 amide bonds. The molecule has 1 aliphatic rings. The van der Waals surface area contributed by atoms with Gasteiger partial charge in [-0.3, -0.25) is 4.98 Å². The fraction of sp³-hybridized carbons (Fsp3) is 0.522. The molecule has 8 heteroatoms. The van der Waals surface area contributed by atoms with Crippen molar-refractivity contribution < 1.29 is 9.68 Å². The minimum absolute atomic E-state index is 0.493. The third-order valence-electron chi connectivity index (χ3n) is 5.33. The average Bonchev–Trinajstić information content (AvgIpc) is 2.80. The van der Waals surface area contributed by atoms with Gasteiger partial charge in [-0.2, -0.15) is 0 Å². The van der Waals surface area contributed by atoms with Crippen molar-refractivity contribution in [3.05, 3.63) is 47.3 Å². The molecular formula is C23H32N6O2. The molecule has 31 heavy (non-hydrogen) atoms. The molecule has 0 fully saturated rings. The summed E-state index contributed by atoms with van der Waals surface area (Å²) in [7, 11) is 1.57. The topological polar surface area (TPSA) is 85.1 Å². The van der Waals surface area contributed by atoms with Crippen LogP contribution in [-0.4, -0.2) is 53.2 Å². The van der Waals surface area contributed by atoms with Crippen molar-refractivity contribution in [2.45, 2.75) is 52.9 Å². The van der Waals surface area contributed by atoms with Crippen molar-refractivity contribution in [3.63, 3.8) is 0 Å². The van der Waals surface area contributed by atoms with Crippen LogP contribution in [0.2, 0.25) is 0 Å². The standard InChI is InChI=1S/C23H32N6O2/c1-5-29(6-2)19-12-13-24-21(15-19)17(3)27-31-14-8-11-22-25-16-18-9-7-10-20(28-30-4)23(18)26-22/h12-13,15-16H,5-11,14H2,1-4H3/b27-17+,28-20+. The molecule has 0 aromatic carbocycles. The Bertz CT molecular complexity index is 924. The molecule has 0 N–H and O–H groups in total. The monoisotopic (exact) mass is 424 g/mol. The predicted molar refractivity (Wildman–Crippen MR) is 123 cm³/mol. The Morgan fingerprint density at radius 1 is 1.19 bits per heavy atom. The van der Waals surface area contributed by atoms with Crippen LogP contribution in [0.1, 0.15) is 62.8 Å². The molecule has 0 unspecified atom stereocenters. The molecule has 0 radical (unpaired) electrons. The van der Waals surface area contributed by atoms with Crippen molar-refractivity contribution in [2.75, 3.05) is 31.7 Å². The Hall–Kier alpha value is -3.03. The number of oxime groups is 2. The van der Waals surface area contributed by atoms with Crippen LogP contribution in [0.15, 0.2) is 34.8 Å². The van der Waals surface area contributed by atoms with Crippen LogP contribution in [0.5, 0.6) is 0 Å². The Kier molecular flexibility index (Phi) is 8.32. The molecule has 0 spiro atoms. The van der Waals surface area contributed by atoms with Gasteiger partial charge in [0.05, 0.1) is 11.4 Å². The number of hydrogen-bond donors (Lipinski definition) is 0. The van der Waals surface area contributed by atoms with Gasteiger partial charge in [-0.25, -0.2) is 9.97 Å². The van der Waals surface area contributed by atoms with Gasteiger partial charge >= 0.3 is 0 Å². The van der Waals surface area contributed by atoms with E-state index < -0.39 is 0 Å². The van der Waals surface area contributed by atoms with E-state index in [-0.39, 0.29) is 0 Å². The summed E-state index contributed by atoms with van der Waals surface area (Å²) in [6.45, 7) is 8.60. The van der Waals surface area contributed by atoms with Gasteiger partial charge in [-0.1, -0.05) is 10.3 Å². The number of aromatic nitrogens is 3. The molecule has 0 atom stereocenters. The summed E-state index contributed by atoms with van der Waals surface area (Å²) < 4.78 is 0. The normalized spacial score (nSPS) is 15.0. The Balaban J connectivity index is 1.53. The molecule has 0 aliphatic heterocycles. The lowest BCUT2D eigenvalue weighted by Gasteiger charge is -2.21. The summed E-state index contributed by atoms with van der Waals surface area (Å²) in [6, 6.07) is 4.07. The average molecular weight is 425 g/mol. The van der Waals surface area contributed by atoms with E-state index in [2.05, 4.69) is 45.1 Å². The fourth-order valence-corrected chi connectivity index (χ4v) is 3.65. The highest BCUT2D eigenvalue weighted by Gasteiger charge is 2.19. The lowest BCUT2D eigenvalue weighted by Crippen LogP contribution is -2.22. The van der Waals surface area contributed by atoms with Gasteiger partial charge < -0.3 is 14.6 Å². The van der Waals surface area contributed by atoms with Gasteiger partial charge in [0.25, 0.3) is 0 Å². The summed E-state index contributed by atoms with van der Waals surface area (Å²) in [4.78, 5) is 26.4. The summed E-state index contributed by atoms with van der Waals surface area (Å²) in [5.74, 6) is 0.794. The summed E-state index contributed by atoms with van der Waals surface area (Å²) >= 11 is 0. The first-order chi connectivity index (χ1) is 15.2. The number of hydrogen-bond acceptors (Lipinski definition) is 8. The minimum Gasteiger partial charge on any atom is -0.399 e. The molecular weight excluding hydrogens is 392 g/mol. The zero-order valence-electron chi connectivity index (χ0n) is 19.0. The van der Waals surface area contributed by atoms with Crippen LogP contribution in [0.3, 0.4) is 0 Å². The van der Waals surface area contributed by atoms with E-state index in [0.29, 0.717) is 6.61 Å². The molecule has 0 bridgehead atoms. The van der Waals surface area contributed by atoms with E-state index >= 15 is 0 Å². The Morgan fingerprint density at radius 3 is 2.81 bits per heavy atom. The van der Waals surface area contributed by atoms with Crippen molar-refractivity contribution >= 4 is 17.1 Å². The highest BCUT2D eigenvalue weighted by atomic mass is 16.6. The number of pyridine rings is 1. The van der Waals surface area contributed by atoms with Crippen molar-refractivity contribution in [1.82, 2.24) is 15.0 Å². The van der Waals surface area contributed by atoms with Gasteiger partial charge in [0.15, 0.2) is 0 Å². The van der Waals surface area contributed by atoms with E-state index in [9.17, 15) is 0 Å². The molecule has 0 saturated carbocycles. The zero-order chi connectivity index (χ0) is 22.1. The lowest BCUT2D eigenvalue weighted by molar-refractivity contribution is 0.141. The summed E-state index contributed by atoms with van der Waals surface area (Å²) in [5, 5.41) is 8.37. The van der Waals surface area contributed by atoms with Crippen molar-refractivity contribution in [2.24, 2.45) is 10.3 Å². The van der Waals surface area contributed by atoms with Crippen LogP contribution in [0.25, 0.3) is 0 Å². The van der Waals surface area contributed by atoms with Gasteiger partial charge in [0.2, 0.25) is 0 Å². The quantitative estimate of drug-likeness (QED) is 0.328. The second-order valence-electron chi connectivity index (χ2n) is 7.42. The highest BCUT2D eigenvalue weighted by Crippen LogP contribution is 2.20. The van der Waals surface area contributed by atoms with E-state index in [1.807, 2.05) is 25.4 Å². The van der Waals surface area contributed by atoms with Crippen LogP contribution in [0, 0.1) is 0 Å². The van der Waals surface area contributed by atoms with Gasteiger partial charge in [0.1, 0.15) is 31.0 Å². The largest absolute Gasteiger partial charge is 0.399 e.